The van der Waals surface area contributed by atoms with Crippen LogP contribution in [0.3, 0.4) is 0 Å². The Morgan fingerprint density at radius 2 is 1.26 bits per heavy atom. The van der Waals surface area contributed by atoms with Crippen LogP contribution < -0.4 is 9.03 Å². The van der Waals surface area contributed by atoms with E-state index in [1.165, 1.54) is 48.2 Å². The Bertz CT molecular complexity index is 1860. The Kier molecular flexibility index (Phi) is 4.60. The van der Waals surface area contributed by atoms with Crippen LogP contribution in [0.15, 0.2) is 108 Å². The number of para-hydroxylation sites is 4. The molecular formula is C31H23N2OSe+. The van der Waals surface area contributed by atoms with Crippen LogP contribution in [0.1, 0.15) is 0 Å². The average Bonchev–Trinajstić information content (AvgIpc) is 3.45. The van der Waals surface area contributed by atoms with Crippen molar-refractivity contribution in [3.8, 4) is 17.1 Å². The summed E-state index contributed by atoms with van der Waals surface area (Å²) in [4.78, 5) is 0. The van der Waals surface area contributed by atoms with Gasteiger partial charge in [-0.1, -0.05) is 0 Å². The molecule has 0 aliphatic carbocycles. The molecule has 0 bridgehead atoms. The second-order valence-corrected chi connectivity index (χ2v) is 10.5. The number of hydrogen-bond acceptors (Lipinski definition) is 1. The van der Waals surface area contributed by atoms with E-state index in [-0.39, 0.29) is 15.0 Å². The molecule has 168 valence electrons. The van der Waals surface area contributed by atoms with Gasteiger partial charge in [0.25, 0.3) is 0 Å². The molecule has 0 unspecified atom stereocenters. The second kappa shape index (κ2) is 7.84. The van der Waals surface area contributed by atoms with Gasteiger partial charge >= 0.3 is 210 Å². The summed E-state index contributed by atoms with van der Waals surface area (Å²) in [6.07, 6.45) is 0. The molecule has 0 N–H and O–H groups in total. The van der Waals surface area contributed by atoms with Crippen molar-refractivity contribution in [3.05, 3.63) is 103 Å². The number of pyridine rings is 1. The Morgan fingerprint density at radius 3 is 1.94 bits per heavy atom. The molecule has 0 amide bonds. The van der Waals surface area contributed by atoms with Crippen molar-refractivity contribution < 1.29 is 8.98 Å². The number of nitrogens with zero attached hydrogens (tertiary/aromatic N) is 2. The summed E-state index contributed by atoms with van der Waals surface area (Å²) in [5.41, 5.74) is 6.81. The number of aromatic nitrogens is 2. The Hall–Kier alpha value is -3.85. The van der Waals surface area contributed by atoms with Gasteiger partial charge in [0.15, 0.2) is 0 Å². The average molecular weight is 518 g/mol. The fourth-order valence-electron chi connectivity index (χ4n) is 5.39. The summed E-state index contributed by atoms with van der Waals surface area (Å²) < 4.78 is 12.5. The Labute approximate surface area is 209 Å². The third kappa shape index (κ3) is 2.94. The molecule has 0 fully saturated rings. The summed E-state index contributed by atoms with van der Waals surface area (Å²) >= 11 is 0.285. The van der Waals surface area contributed by atoms with Gasteiger partial charge in [-0.05, 0) is 0 Å². The zero-order valence-electron chi connectivity index (χ0n) is 19.5. The fourth-order valence-corrected chi connectivity index (χ4v) is 6.91. The molecule has 0 aliphatic rings. The van der Waals surface area contributed by atoms with E-state index in [1.54, 1.807) is 0 Å². The van der Waals surface area contributed by atoms with Crippen molar-refractivity contribution in [3.63, 3.8) is 0 Å². The molecule has 0 aliphatic heterocycles. The third-order valence-electron chi connectivity index (χ3n) is 6.98. The number of rotatable bonds is 3. The molecule has 0 radical (unpaired) electrons. The van der Waals surface area contributed by atoms with Crippen molar-refractivity contribution in [2.24, 2.45) is 7.05 Å². The van der Waals surface area contributed by atoms with E-state index >= 15 is 0 Å². The summed E-state index contributed by atoms with van der Waals surface area (Å²) in [5.74, 6) is 3.24. The molecule has 0 saturated heterocycles. The topological polar surface area (TPSA) is 21.9 Å². The Balaban J connectivity index is 1.65. The summed E-state index contributed by atoms with van der Waals surface area (Å²) in [7, 11) is 2.15. The van der Waals surface area contributed by atoms with Gasteiger partial charge in [0, 0.05) is 0 Å². The van der Waals surface area contributed by atoms with Crippen molar-refractivity contribution in [1.82, 2.24) is 4.57 Å². The molecule has 4 heteroatoms. The van der Waals surface area contributed by atoms with Crippen LogP contribution in [0.2, 0.25) is 5.82 Å². The molecule has 3 heterocycles. The van der Waals surface area contributed by atoms with Crippen LogP contribution >= 0.6 is 0 Å². The number of furan rings is 1. The monoisotopic (exact) mass is 519 g/mol. The summed E-state index contributed by atoms with van der Waals surface area (Å²) in [5, 5.41) is 4.97. The maximum atomic E-state index is 6.54. The van der Waals surface area contributed by atoms with E-state index in [1.807, 2.05) is 6.07 Å². The molecule has 0 atom stereocenters. The normalized spacial score (nSPS) is 11.8. The number of aryl methyl sites for hydroxylation is 1. The van der Waals surface area contributed by atoms with Crippen LogP contribution in [0.4, 0.5) is 0 Å². The van der Waals surface area contributed by atoms with Gasteiger partial charge < -0.3 is 0 Å². The SMILES string of the molecule is C[Se]c1c(-c2cc(-n3c4ccccc4c4ccccc43)c3ccccc3[n+]2C)oc2ccccc12. The third-order valence-corrected chi connectivity index (χ3v) is 8.69. The van der Waals surface area contributed by atoms with Crippen LogP contribution in [0.5, 0.6) is 0 Å². The van der Waals surface area contributed by atoms with Gasteiger partial charge in [-0.2, -0.15) is 0 Å². The first-order valence-electron chi connectivity index (χ1n) is 11.7. The van der Waals surface area contributed by atoms with Gasteiger partial charge in [-0.15, -0.1) is 0 Å². The minimum atomic E-state index is 0.285. The molecular weight excluding hydrogens is 495 g/mol. The van der Waals surface area contributed by atoms with Gasteiger partial charge in [-0.3, -0.25) is 0 Å². The molecule has 4 aromatic carbocycles. The number of hydrogen-bond donors (Lipinski definition) is 0. The zero-order chi connectivity index (χ0) is 23.5. The van der Waals surface area contributed by atoms with Crippen molar-refractivity contribution in [2.45, 2.75) is 5.82 Å². The van der Waals surface area contributed by atoms with Gasteiger partial charge in [0.05, 0.1) is 0 Å². The molecule has 7 aromatic rings. The van der Waals surface area contributed by atoms with Crippen molar-refractivity contribution in [2.75, 3.05) is 0 Å². The summed E-state index contributed by atoms with van der Waals surface area (Å²) in [6, 6.07) is 36.8. The van der Waals surface area contributed by atoms with Crippen LogP contribution in [0, 0.1) is 0 Å². The van der Waals surface area contributed by atoms with Gasteiger partial charge in [0.1, 0.15) is 0 Å². The molecule has 0 saturated carbocycles. The molecule has 0 spiro atoms. The van der Waals surface area contributed by atoms with Gasteiger partial charge in [0.2, 0.25) is 0 Å². The van der Waals surface area contributed by atoms with E-state index < -0.39 is 0 Å². The van der Waals surface area contributed by atoms with E-state index in [0.29, 0.717) is 0 Å². The van der Waals surface area contributed by atoms with Crippen molar-refractivity contribution in [1.29, 1.82) is 0 Å². The fraction of sp³-hybridized carbons (Fsp3) is 0.0645. The Morgan fingerprint density at radius 1 is 0.686 bits per heavy atom. The first-order valence-corrected chi connectivity index (χ1v) is 14.3. The zero-order valence-corrected chi connectivity index (χ0v) is 21.2. The molecule has 35 heavy (non-hydrogen) atoms. The maximum absolute atomic E-state index is 6.54. The molecule has 3 aromatic heterocycles. The van der Waals surface area contributed by atoms with Crippen LogP contribution in [-0.4, -0.2) is 19.5 Å². The molecule has 7 rings (SSSR count). The number of benzene rings is 4. The first-order chi connectivity index (χ1) is 17.3. The van der Waals surface area contributed by atoms with E-state index in [4.69, 9.17) is 4.42 Å². The standard InChI is InChI=1S/C31H23N2OSe/c1-32-24-15-7-5-13-22(24)27(19-28(32)30-31(35-2)23-14-6-10-18-29(23)34-30)33-25-16-8-3-11-20(25)21-12-4-9-17-26(21)33/h3-19H,1-2H3/q+1. The predicted octanol–water partition coefficient (Wildman–Crippen LogP) is 6.55. The van der Waals surface area contributed by atoms with E-state index in [0.717, 1.165) is 17.0 Å². The summed E-state index contributed by atoms with van der Waals surface area (Å²) in [6.45, 7) is 0. The van der Waals surface area contributed by atoms with E-state index in [9.17, 15) is 0 Å². The van der Waals surface area contributed by atoms with Crippen LogP contribution in [0.25, 0.3) is 60.8 Å². The quantitative estimate of drug-likeness (QED) is 0.192. The predicted molar refractivity (Wildman–Crippen MR) is 146 cm³/mol. The first kappa shape index (κ1) is 20.5. The number of fused-ring (bicyclic) bond motifs is 5. The second-order valence-electron chi connectivity index (χ2n) is 8.82. The minimum absolute atomic E-state index is 0.285. The molecule has 3 nitrogen and oxygen atoms in total. The van der Waals surface area contributed by atoms with Gasteiger partial charge in [-0.25, -0.2) is 0 Å². The van der Waals surface area contributed by atoms with Crippen LogP contribution in [-0.2, 0) is 7.05 Å². The van der Waals surface area contributed by atoms with E-state index in [2.05, 4.69) is 119 Å². The van der Waals surface area contributed by atoms with Crippen molar-refractivity contribution >= 4 is 63.1 Å².